The van der Waals surface area contributed by atoms with Gasteiger partial charge in [0.15, 0.2) is 17.3 Å². The Kier molecular flexibility index (Phi) is 4.84. The van der Waals surface area contributed by atoms with E-state index in [1.54, 1.807) is 0 Å². The number of hydrogen-bond donors (Lipinski definition) is 0. The Bertz CT molecular complexity index is 519. The van der Waals surface area contributed by atoms with Gasteiger partial charge in [-0.2, -0.15) is 0 Å². The lowest BCUT2D eigenvalue weighted by Crippen LogP contribution is -2.19. The van der Waals surface area contributed by atoms with Crippen molar-refractivity contribution >= 4 is 21.7 Å². The lowest BCUT2D eigenvalue weighted by molar-refractivity contribution is 0.0896. The second-order valence-electron chi connectivity index (χ2n) is 5.88. The Morgan fingerprint density at radius 2 is 1.52 bits per heavy atom. The highest BCUT2D eigenvalue weighted by Gasteiger charge is 2.25. The zero-order chi connectivity index (χ0) is 14.7. The van der Waals surface area contributed by atoms with E-state index in [9.17, 15) is 4.79 Å². The molecule has 1 aliphatic heterocycles. The van der Waals surface area contributed by atoms with Crippen LogP contribution in [0.15, 0.2) is 16.6 Å². The van der Waals surface area contributed by atoms with E-state index >= 15 is 0 Å². The normalized spacial score (nSPS) is 19.7. The fourth-order valence-corrected chi connectivity index (χ4v) is 3.71. The van der Waals surface area contributed by atoms with Crippen LogP contribution in [0.4, 0.5) is 0 Å². The average molecular weight is 353 g/mol. The Balaban J connectivity index is 1.82. The van der Waals surface area contributed by atoms with Gasteiger partial charge in [-0.3, -0.25) is 4.79 Å². The first kappa shape index (κ1) is 14.9. The van der Waals surface area contributed by atoms with Gasteiger partial charge >= 0.3 is 0 Å². The van der Waals surface area contributed by atoms with Gasteiger partial charge in [-0.25, -0.2) is 0 Å². The van der Waals surface area contributed by atoms with E-state index in [0.717, 1.165) is 28.6 Å². The number of Topliss-reactive ketones (excluding diaryl/α,β-unsaturated/α-hetero) is 1. The zero-order valence-electron chi connectivity index (χ0n) is 12.2. The largest absolute Gasteiger partial charge is 0.486 e. The molecule has 1 fully saturated rings. The number of halogens is 1. The average Bonchev–Trinajstić information content (AvgIpc) is 2.45. The Morgan fingerprint density at radius 3 is 2.19 bits per heavy atom. The van der Waals surface area contributed by atoms with Gasteiger partial charge in [0.25, 0.3) is 0 Å². The molecule has 21 heavy (non-hydrogen) atoms. The van der Waals surface area contributed by atoms with Crippen LogP contribution in [0.2, 0.25) is 0 Å². The molecule has 0 spiro atoms. The summed E-state index contributed by atoms with van der Waals surface area (Å²) < 4.78 is 12.0. The van der Waals surface area contributed by atoms with Crippen molar-refractivity contribution < 1.29 is 14.3 Å². The van der Waals surface area contributed by atoms with E-state index in [4.69, 9.17) is 9.47 Å². The van der Waals surface area contributed by atoms with E-state index in [1.807, 2.05) is 12.1 Å². The third kappa shape index (κ3) is 3.42. The van der Waals surface area contributed by atoms with Gasteiger partial charge < -0.3 is 9.47 Å². The number of ketones is 1. The van der Waals surface area contributed by atoms with Gasteiger partial charge in [-0.05, 0) is 40.9 Å². The molecule has 4 heteroatoms. The van der Waals surface area contributed by atoms with E-state index in [1.165, 1.54) is 32.1 Å². The summed E-state index contributed by atoms with van der Waals surface area (Å²) in [7, 11) is 0. The number of benzene rings is 1. The molecule has 0 aromatic heterocycles. The number of ether oxygens (including phenoxy) is 2. The maximum Gasteiger partial charge on any atom is 0.167 e. The molecule has 0 saturated heterocycles. The van der Waals surface area contributed by atoms with Crippen molar-refractivity contribution in [2.24, 2.45) is 5.92 Å². The number of fused-ring (bicyclic) bond motifs is 1. The molecule has 0 bridgehead atoms. The molecule has 1 aromatic carbocycles. The van der Waals surface area contributed by atoms with Crippen molar-refractivity contribution in [1.29, 1.82) is 0 Å². The topological polar surface area (TPSA) is 35.5 Å². The predicted molar refractivity (Wildman–Crippen MR) is 85.3 cm³/mol. The van der Waals surface area contributed by atoms with Crippen LogP contribution in [0.25, 0.3) is 0 Å². The summed E-state index contributed by atoms with van der Waals surface area (Å²) >= 11 is 3.52. The fourth-order valence-electron chi connectivity index (χ4n) is 3.19. The zero-order valence-corrected chi connectivity index (χ0v) is 13.8. The molecule has 2 aliphatic rings. The maximum absolute atomic E-state index is 12.8. The van der Waals surface area contributed by atoms with E-state index in [2.05, 4.69) is 15.9 Å². The first-order valence-electron chi connectivity index (χ1n) is 7.89. The smallest absolute Gasteiger partial charge is 0.167 e. The summed E-state index contributed by atoms with van der Waals surface area (Å²) in [6, 6.07) is 3.71. The minimum Gasteiger partial charge on any atom is -0.486 e. The highest BCUT2D eigenvalue weighted by molar-refractivity contribution is 9.10. The van der Waals surface area contributed by atoms with E-state index in [-0.39, 0.29) is 11.7 Å². The third-order valence-corrected chi connectivity index (χ3v) is 5.03. The maximum atomic E-state index is 12.8. The molecule has 1 aliphatic carbocycles. The monoisotopic (exact) mass is 352 g/mol. The minimum absolute atomic E-state index is 0.157. The summed E-state index contributed by atoms with van der Waals surface area (Å²) in [6.45, 7) is 1.11. The first-order chi connectivity index (χ1) is 10.3. The molecular formula is C17H21BrO3. The van der Waals surface area contributed by atoms with E-state index in [0.29, 0.717) is 19.0 Å². The van der Waals surface area contributed by atoms with Crippen LogP contribution in [0, 0.1) is 5.92 Å². The number of carbonyl (C=O) groups is 1. The molecule has 114 valence electrons. The standard InChI is InChI=1S/C17H21BrO3/c18-14-11-16-15(20-8-9-21-16)10-13(14)17(19)12-6-4-2-1-3-5-7-12/h10-12H,1-9H2. The number of rotatable bonds is 2. The molecule has 0 unspecified atom stereocenters. The number of carbonyl (C=O) groups excluding carboxylic acids is 1. The Hall–Kier alpha value is -1.03. The molecule has 3 nitrogen and oxygen atoms in total. The SMILES string of the molecule is O=C(c1cc2c(cc1Br)OCCO2)C1CCCCCCC1. The van der Waals surface area contributed by atoms with Crippen LogP contribution < -0.4 is 9.47 Å². The Morgan fingerprint density at radius 1 is 0.952 bits per heavy atom. The third-order valence-electron chi connectivity index (χ3n) is 4.37. The van der Waals surface area contributed by atoms with Crippen LogP contribution in [-0.2, 0) is 0 Å². The molecular weight excluding hydrogens is 332 g/mol. The van der Waals surface area contributed by atoms with Gasteiger partial charge in [0.2, 0.25) is 0 Å². The summed E-state index contributed by atoms with van der Waals surface area (Å²) in [5.74, 6) is 1.82. The quantitative estimate of drug-likeness (QED) is 0.719. The lowest BCUT2D eigenvalue weighted by Gasteiger charge is -2.22. The second-order valence-corrected chi connectivity index (χ2v) is 6.74. The van der Waals surface area contributed by atoms with Crippen LogP contribution in [-0.4, -0.2) is 19.0 Å². The summed E-state index contributed by atoms with van der Waals surface area (Å²) in [5.41, 5.74) is 0.741. The van der Waals surface area contributed by atoms with Gasteiger partial charge in [0, 0.05) is 16.0 Å². The molecule has 0 N–H and O–H groups in total. The Labute approximate surface area is 134 Å². The van der Waals surface area contributed by atoms with Crippen LogP contribution in [0.1, 0.15) is 55.3 Å². The van der Waals surface area contributed by atoms with Crippen molar-refractivity contribution in [3.05, 3.63) is 22.2 Å². The predicted octanol–water partition coefficient (Wildman–Crippen LogP) is 4.76. The van der Waals surface area contributed by atoms with Gasteiger partial charge in [0.05, 0.1) is 0 Å². The van der Waals surface area contributed by atoms with Gasteiger partial charge in [-0.15, -0.1) is 0 Å². The van der Waals surface area contributed by atoms with Crippen molar-refractivity contribution in [3.63, 3.8) is 0 Å². The molecule has 1 saturated carbocycles. The van der Waals surface area contributed by atoms with Crippen molar-refractivity contribution in [3.8, 4) is 11.5 Å². The minimum atomic E-state index is 0.157. The highest BCUT2D eigenvalue weighted by Crippen LogP contribution is 2.37. The molecule has 1 heterocycles. The van der Waals surface area contributed by atoms with Gasteiger partial charge in [0.1, 0.15) is 13.2 Å². The highest BCUT2D eigenvalue weighted by atomic mass is 79.9. The first-order valence-corrected chi connectivity index (χ1v) is 8.68. The second kappa shape index (κ2) is 6.82. The molecule has 0 amide bonds. The lowest BCUT2D eigenvalue weighted by atomic mass is 9.85. The fraction of sp³-hybridized carbons (Fsp3) is 0.588. The van der Waals surface area contributed by atoms with Crippen LogP contribution >= 0.6 is 15.9 Å². The van der Waals surface area contributed by atoms with Crippen LogP contribution in [0.3, 0.4) is 0 Å². The number of hydrogen-bond acceptors (Lipinski definition) is 3. The molecule has 3 rings (SSSR count). The van der Waals surface area contributed by atoms with Gasteiger partial charge in [-0.1, -0.05) is 32.1 Å². The van der Waals surface area contributed by atoms with Crippen molar-refractivity contribution in [1.82, 2.24) is 0 Å². The van der Waals surface area contributed by atoms with Crippen LogP contribution in [0.5, 0.6) is 11.5 Å². The van der Waals surface area contributed by atoms with Crippen molar-refractivity contribution in [2.45, 2.75) is 44.9 Å². The summed E-state index contributed by atoms with van der Waals surface area (Å²) in [6.07, 6.45) is 8.18. The molecule has 0 radical (unpaired) electrons. The summed E-state index contributed by atoms with van der Waals surface area (Å²) in [4.78, 5) is 12.8. The summed E-state index contributed by atoms with van der Waals surface area (Å²) in [5, 5.41) is 0. The van der Waals surface area contributed by atoms with Crippen molar-refractivity contribution in [2.75, 3.05) is 13.2 Å². The molecule has 1 aromatic rings. The van der Waals surface area contributed by atoms with E-state index < -0.39 is 0 Å². The molecule has 0 atom stereocenters.